The molecule has 2 saturated carbocycles. The fourth-order valence-electron chi connectivity index (χ4n) is 4.06. The number of hydrogen-bond donors (Lipinski definition) is 1. The molecule has 2 aliphatic carbocycles. The smallest absolute Gasteiger partial charge is 0.303 e. The first-order valence-corrected chi connectivity index (χ1v) is 8.35. The lowest BCUT2D eigenvalue weighted by atomic mass is 9.75. The molecule has 0 saturated heterocycles. The van der Waals surface area contributed by atoms with Gasteiger partial charge in [0.15, 0.2) is 0 Å². The Kier molecular flexibility index (Phi) is 5.72. The molecule has 0 aromatic heterocycles. The summed E-state index contributed by atoms with van der Waals surface area (Å²) >= 11 is 0. The van der Waals surface area contributed by atoms with Crippen molar-refractivity contribution < 1.29 is 9.90 Å². The van der Waals surface area contributed by atoms with Crippen LogP contribution in [0.4, 0.5) is 0 Å². The first-order chi connectivity index (χ1) is 9.13. The van der Waals surface area contributed by atoms with Crippen LogP contribution in [0.5, 0.6) is 0 Å². The lowest BCUT2D eigenvalue weighted by Crippen LogP contribution is -2.19. The van der Waals surface area contributed by atoms with E-state index in [-0.39, 0.29) is 0 Å². The first kappa shape index (κ1) is 14.9. The Morgan fingerprint density at radius 1 is 0.842 bits per heavy atom. The van der Waals surface area contributed by atoms with Crippen molar-refractivity contribution >= 4 is 5.97 Å². The van der Waals surface area contributed by atoms with Gasteiger partial charge in [-0.3, -0.25) is 4.79 Å². The van der Waals surface area contributed by atoms with Crippen LogP contribution in [0, 0.1) is 23.7 Å². The molecule has 0 amide bonds. The van der Waals surface area contributed by atoms with Crippen LogP contribution in [0.3, 0.4) is 0 Å². The highest BCUT2D eigenvalue weighted by molar-refractivity contribution is 5.67. The molecule has 19 heavy (non-hydrogen) atoms. The van der Waals surface area contributed by atoms with E-state index in [0.29, 0.717) is 12.3 Å². The van der Waals surface area contributed by atoms with Crippen molar-refractivity contribution in [1.82, 2.24) is 0 Å². The molecule has 0 unspecified atom stereocenters. The molecule has 0 spiro atoms. The van der Waals surface area contributed by atoms with Gasteiger partial charge in [0, 0.05) is 6.42 Å². The highest BCUT2D eigenvalue weighted by Gasteiger charge is 2.24. The predicted molar refractivity (Wildman–Crippen MR) is 78.1 cm³/mol. The Bertz CT molecular complexity index is 271. The summed E-state index contributed by atoms with van der Waals surface area (Å²) in [7, 11) is 0. The molecule has 0 aromatic carbocycles. The van der Waals surface area contributed by atoms with Gasteiger partial charge in [-0.2, -0.15) is 0 Å². The Morgan fingerprint density at radius 3 is 1.74 bits per heavy atom. The van der Waals surface area contributed by atoms with Crippen molar-refractivity contribution in [2.75, 3.05) is 0 Å². The molecule has 2 fully saturated rings. The van der Waals surface area contributed by atoms with Gasteiger partial charge in [0.2, 0.25) is 0 Å². The Labute approximate surface area is 118 Å². The lowest BCUT2D eigenvalue weighted by Gasteiger charge is -2.30. The van der Waals surface area contributed by atoms with E-state index in [2.05, 4.69) is 6.92 Å². The van der Waals surface area contributed by atoms with Crippen LogP contribution >= 0.6 is 0 Å². The molecule has 0 aromatic rings. The number of carbonyl (C=O) groups is 1. The Balaban J connectivity index is 1.59. The van der Waals surface area contributed by atoms with E-state index in [0.717, 1.165) is 30.6 Å². The minimum atomic E-state index is -0.611. The third kappa shape index (κ3) is 5.16. The summed E-state index contributed by atoms with van der Waals surface area (Å²) in [6, 6.07) is 0. The number of hydrogen-bond acceptors (Lipinski definition) is 1. The molecule has 0 heterocycles. The average molecular weight is 266 g/mol. The van der Waals surface area contributed by atoms with Crippen molar-refractivity contribution in [3.8, 4) is 0 Å². The largest absolute Gasteiger partial charge is 0.481 e. The van der Waals surface area contributed by atoms with Crippen LogP contribution in [-0.4, -0.2) is 11.1 Å². The second kappa shape index (κ2) is 7.31. The van der Waals surface area contributed by atoms with E-state index < -0.39 is 5.97 Å². The molecule has 0 bridgehead atoms. The molecule has 110 valence electrons. The van der Waals surface area contributed by atoms with E-state index in [9.17, 15) is 4.79 Å². The van der Waals surface area contributed by atoms with Crippen LogP contribution in [0.25, 0.3) is 0 Å². The summed E-state index contributed by atoms with van der Waals surface area (Å²) < 4.78 is 0. The SMILES string of the molecule is CC1CCC(CCC2CCC(CC(=O)O)CC2)CC1. The first-order valence-electron chi connectivity index (χ1n) is 8.35. The number of rotatable bonds is 5. The van der Waals surface area contributed by atoms with Crippen LogP contribution in [-0.2, 0) is 4.79 Å². The molecule has 0 aliphatic heterocycles. The zero-order valence-electron chi connectivity index (χ0n) is 12.4. The van der Waals surface area contributed by atoms with Crippen LogP contribution < -0.4 is 0 Å². The van der Waals surface area contributed by atoms with Crippen molar-refractivity contribution in [1.29, 1.82) is 0 Å². The van der Waals surface area contributed by atoms with Crippen molar-refractivity contribution in [3.63, 3.8) is 0 Å². The molecule has 1 N–H and O–H groups in total. The maximum atomic E-state index is 10.7. The zero-order chi connectivity index (χ0) is 13.7. The fourth-order valence-corrected chi connectivity index (χ4v) is 4.06. The fraction of sp³-hybridized carbons (Fsp3) is 0.941. The molecule has 0 radical (unpaired) electrons. The molecular weight excluding hydrogens is 236 g/mol. The molecule has 2 heteroatoms. The minimum absolute atomic E-state index is 0.396. The van der Waals surface area contributed by atoms with Gasteiger partial charge in [0.25, 0.3) is 0 Å². The highest BCUT2D eigenvalue weighted by Crippen LogP contribution is 2.37. The molecular formula is C17H30O2. The van der Waals surface area contributed by atoms with E-state index in [1.807, 2.05) is 0 Å². The third-order valence-electron chi connectivity index (χ3n) is 5.55. The van der Waals surface area contributed by atoms with Gasteiger partial charge in [0.05, 0.1) is 0 Å². The third-order valence-corrected chi connectivity index (χ3v) is 5.55. The maximum absolute atomic E-state index is 10.7. The summed E-state index contributed by atoms with van der Waals surface area (Å²) in [5.41, 5.74) is 0. The zero-order valence-corrected chi connectivity index (χ0v) is 12.4. The maximum Gasteiger partial charge on any atom is 0.303 e. The molecule has 0 atom stereocenters. The standard InChI is InChI=1S/C17H30O2/c1-13-2-4-14(5-3-13)6-7-15-8-10-16(11-9-15)12-17(18)19/h13-16H,2-12H2,1H3,(H,18,19). The lowest BCUT2D eigenvalue weighted by molar-refractivity contribution is -0.138. The Morgan fingerprint density at radius 2 is 1.26 bits per heavy atom. The van der Waals surface area contributed by atoms with Gasteiger partial charge in [-0.05, 0) is 36.5 Å². The molecule has 2 aliphatic rings. The van der Waals surface area contributed by atoms with Gasteiger partial charge in [0.1, 0.15) is 0 Å². The average Bonchev–Trinajstić information content (AvgIpc) is 2.39. The summed E-state index contributed by atoms with van der Waals surface area (Å²) in [5, 5.41) is 8.83. The van der Waals surface area contributed by atoms with Gasteiger partial charge in [-0.1, -0.05) is 58.3 Å². The summed E-state index contributed by atoms with van der Waals surface area (Å²) in [6.07, 6.45) is 13.9. The predicted octanol–water partition coefficient (Wildman–Crippen LogP) is 4.87. The Hall–Kier alpha value is -0.530. The quantitative estimate of drug-likeness (QED) is 0.770. The van der Waals surface area contributed by atoms with Gasteiger partial charge < -0.3 is 5.11 Å². The van der Waals surface area contributed by atoms with Crippen LogP contribution in [0.15, 0.2) is 0 Å². The van der Waals surface area contributed by atoms with Crippen LogP contribution in [0.2, 0.25) is 0 Å². The molecule has 2 rings (SSSR count). The summed E-state index contributed by atoms with van der Waals surface area (Å²) in [6.45, 7) is 2.39. The normalized spacial score (nSPS) is 36.1. The van der Waals surface area contributed by atoms with Crippen molar-refractivity contribution in [2.45, 2.75) is 77.6 Å². The monoisotopic (exact) mass is 266 g/mol. The van der Waals surface area contributed by atoms with Crippen LogP contribution in [0.1, 0.15) is 77.6 Å². The van der Waals surface area contributed by atoms with E-state index in [1.165, 1.54) is 51.4 Å². The summed E-state index contributed by atoms with van der Waals surface area (Å²) in [5.74, 6) is 2.70. The number of carboxylic acid groups (broad SMARTS) is 1. The van der Waals surface area contributed by atoms with Crippen molar-refractivity contribution in [2.24, 2.45) is 23.7 Å². The van der Waals surface area contributed by atoms with Gasteiger partial charge in [-0.15, -0.1) is 0 Å². The van der Waals surface area contributed by atoms with E-state index in [4.69, 9.17) is 5.11 Å². The molecule has 2 nitrogen and oxygen atoms in total. The number of carboxylic acids is 1. The topological polar surface area (TPSA) is 37.3 Å². The second-order valence-electron chi connectivity index (χ2n) is 7.19. The van der Waals surface area contributed by atoms with E-state index >= 15 is 0 Å². The summed E-state index contributed by atoms with van der Waals surface area (Å²) in [4.78, 5) is 10.7. The van der Waals surface area contributed by atoms with Gasteiger partial charge in [-0.25, -0.2) is 0 Å². The minimum Gasteiger partial charge on any atom is -0.481 e. The van der Waals surface area contributed by atoms with Crippen molar-refractivity contribution in [3.05, 3.63) is 0 Å². The second-order valence-corrected chi connectivity index (χ2v) is 7.19. The number of aliphatic carboxylic acids is 1. The van der Waals surface area contributed by atoms with E-state index in [1.54, 1.807) is 0 Å². The highest BCUT2D eigenvalue weighted by atomic mass is 16.4. The van der Waals surface area contributed by atoms with Gasteiger partial charge >= 0.3 is 5.97 Å².